The van der Waals surface area contributed by atoms with Crippen molar-refractivity contribution in [1.82, 2.24) is 19.9 Å². The average molecular weight is 377 g/mol. The maximum atomic E-state index is 12.3. The number of hydrogen-bond acceptors (Lipinski definition) is 7. The van der Waals surface area contributed by atoms with Crippen molar-refractivity contribution in [2.24, 2.45) is 0 Å². The summed E-state index contributed by atoms with van der Waals surface area (Å²) in [5.41, 5.74) is 1.23. The molecule has 0 unspecified atom stereocenters. The topological polar surface area (TPSA) is 91.6 Å². The van der Waals surface area contributed by atoms with Crippen LogP contribution < -0.4 is 5.32 Å². The summed E-state index contributed by atoms with van der Waals surface area (Å²) in [4.78, 5) is 34.0. The van der Waals surface area contributed by atoms with Gasteiger partial charge in [0.15, 0.2) is 10.8 Å². The molecule has 1 N–H and O–H groups in total. The molecule has 2 aromatic heterocycles. The lowest BCUT2D eigenvalue weighted by molar-refractivity contribution is -0.132. The molecule has 2 amide bonds. The van der Waals surface area contributed by atoms with Crippen LogP contribution in [-0.4, -0.2) is 57.9 Å². The zero-order chi connectivity index (χ0) is 18.7. The Morgan fingerprint density at radius 2 is 2.15 bits per heavy atom. The third kappa shape index (κ3) is 4.10. The van der Waals surface area contributed by atoms with Gasteiger partial charge in [-0.15, -0.1) is 11.3 Å². The lowest BCUT2D eigenvalue weighted by Gasteiger charge is -2.28. The van der Waals surface area contributed by atoms with Gasteiger partial charge in [-0.3, -0.25) is 19.8 Å². The molecule has 0 saturated heterocycles. The summed E-state index contributed by atoms with van der Waals surface area (Å²) in [6.45, 7) is 9.06. The van der Waals surface area contributed by atoms with E-state index in [0.717, 1.165) is 36.6 Å². The number of anilines is 1. The number of nitrogens with zero attached hydrogens (tertiary/aromatic N) is 4. The number of hydrogen-bond donors (Lipinski definition) is 1. The Morgan fingerprint density at radius 3 is 2.81 bits per heavy atom. The Bertz CT molecular complexity index is 796. The Balaban J connectivity index is 1.62. The van der Waals surface area contributed by atoms with Gasteiger partial charge in [0.05, 0.1) is 12.2 Å². The third-order valence-corrected chi connectivity index (χ3v) is 5.36. The molecule has 0 aliphatic carbocycles. The number of rotatable bonds is 6. The first-order valence-corrected chi connectivity index (χ1v) is 9.55. The number of fused-ring (bicyclic) bond motifs is 1. The summed E-state index contributed by atoms with van der Waals surface area (Å²) in [6, 6.07) is 1.59. The molecule has 2 aromatic rings. The van der Waals surface area contributed by atoms with Gasteiger partial charge in [0.25, 0.3) is 5.91 Å². The fourth-order valence-electron chi connectivity index (χ4n) is 2.94. The maximum Gasteiger partial charge on any atom is 0.279 e. The molecule has 9 heteroatoms. The minimum Gasteiger partial charge on any atom is -0.361 e. The molecule has 3 rings (SSSR count). The fourth-order valence-corrected chi connectivity index (χ4v) is 3.98. The van der Waals surface area contributed by atoms with Crippen molar-refractivity contribution < 1.29 is 14.1 Å². The van der Waals surface area contributed by atoms with Gasteiger partial charge in [0.2, 0.25) is 5.91 Å². The highest BCUT2D eigenvalue weighted by molar-refractivity contribution is 7.15. The second kappa shape index (κ2) is 7.96. The van der Waals surface area contributed by atoms with E-state index in [2.05, 4.69) is 20.4 Å². The van der Waals surface area contributed by atoms with Crippen LogP contribution in [0.2, 0.25) is 0 Å². The van der Waals surface area contributed by atoms with E-state index in [0.29, 0.717) is 24.0 Å². The van der Waals surface area contributed by atoms with Gasteiger partial charge < -0.3 is 9.42 Å². The summed E-state index contributed by atoms with van der Waals surface area (Å²) in [7, 11) is 0. The summed E-state index contributed by atoms with van der Waals surface area (Å²) in [5, 5.41) is 7.04. The van der Waals surface area contributed by atoms with Gasteiger partial charge in [-0.1, -0.05) is 5.16 Å². The van der Waals surface area contributed by atoms with E-state index >= 15 is 0 Å². The number of aryl methyl sites for hydroxylation is 1. The Morgan fingerprint density at radius 1 is 1.38 bits per heavy atom. The van der Waals surface area contributed by atoms with Gasteiger partial charge in [0.1, 0.15) is 5.76 Å². The molecule has 26 heavy (non-hydrogen) atoms. The number of carbonyl (C=O) groups excluding carboxylic acids is 2. The minimum absolute atomic E-state index is 0.151. The van der Waals surface area contributed by atoms with E-state index in [4.69, 9.17) is 4.52 Å². The molecule has 0 fully saturated rings. The maximum absolute atomic E-state index is 12.3. The highest BCUT2D eigenvalue weighted by atomic mass is 32.1. The molecule has 140 valence electrons. The van der Waals surface area contributed by atoms with E-state index in [1.165, 1.54) is 11.3 Å². The highest BCUT2D eigenvalue weighted by Gasteiger charge is 2.24. The second-order valence-electron chi connectivity index (χ2n) is 6.19. The molecule has 1 aliphatic heterocycles. The summed E-state index contributed by atoms with van der Waals surface area (Å²) in [5.74, 6) is 0.404. The molecule has 0 bridgehead atoms. The SMILES string of the molecule is CCN(CC)C(=O)CN1CCc2nc(NC(=O)c3cc(C)on3)sc2C1. The molecule has 3 heterocycles. The van der Waals surface area contributed by atoms with E-state index in [9.17, 15) is 9.59 Å². The van der Waals surface area contributed by atoms with Crippen molar-refractivity contribution in [1.29, 1.82) is 0 Å². The van der Waals surface area contributed by atoms with E-state index < -0.39 is 0 Å². The standard InChI is InChI=1S/C17H23N5O3S/c1-4-22(5-2)15(23)10-21-7-6-12-14(9-21)26-17(18-12)19-16(24)13-8-11(3)25-20-13/h8H,4-7,9-10H2,1-3H3,(H,18,19,24). The molecule has 0 radical (unpaired) electrons. The van der Waals surface area contributed by atoms with Crippen molar-refractivity contribution in [2.45, 2.75) is 33.7 Å². The second-order valence-corrected chi connectivity index (χ2v) is 7.28. The van der Waals surface area contributed by atoms with E-state index in [1.54, 1.807) is 13.0 Å². The summed E-state index contributed by atoms with van der Waals surface area (Å²) in [6.07, 6.45) is 0.774. The van der Waals surface area contributed by atoms with Crippen LogP contribution in [0.25, 0.3) is 0 Å². The first-order chi connectivity index (χ1) is 12.5. The predicted molar refractivity (Wildman–Crippen MR) is 98.2 cm³/mol. The van der Waals surface area contributed by atoms with Gasteiger partial charge in [-0.2, -0.15) is 0 Å². The quantitative estimate of drug-likeness (QED) is 0.827. The fraction of sp³-hybridized carbons (Fsp3) is 0.529. The normalized spacial score (nSPS) is 14.1. The predicted octanol–water partition coefficient (Wildman–Crippen LogP) is 1.92. The van der Waals surface area contributed by atoms with Crippen molar-refractivity contribution in [3.05, 3.63) is 28.1 Å². The van der Waals surface area contributed by atoms with Gasteiger partial charge in [-0.05, 0) is 20.8 Å². The lowest BCUT2D eigenvalue weighted by Crippen LogP contribution is -2.41. The number of thiazole rings is 1. The Labute approximate surface area is 156 Å². The van der Waals surface area contributed by atoms with Crippen molar-refractivity contribution in [2.75, 3.05) is 31.5 Å². The molecule has 8 nitrogen and oxygen atoms in total. The Hall–Kier alpha value is -2.26. The number of aromatic nitrogens is 2. The molecular weight excluding hydrogens is 354 g/mol. The van der Waals surface area contributed by atoms with Gasteiger partial charge in [-0.25, -0.2) is 4.98 Å². The van der Waals surface area contributed by atoms with Crippen LogP contribution in [-0.2, 0) is 17.8 Å². The number of carbonyl (C=O) groups is 2. The van der Waals surface area contributed by atoms with Crippen LogP contribution in [0.3, 0.4) is 0 Å². The minimum atomic E-state index is -0.332. The number of likely N-dealkylation sites (N-methyl/N-ethyl adjacent to an activating group) is 1. The molecule has 1 aliphatic rings. The smallest absolute Gasteiger partial charge is 0.279 e. The molecule has 0 atom stereocenters. The zero-order valence-electron chi connectivity index (χ0n) is 15.2. The average Bonchev–Trinajstić information content (AvgIpc) is 3.21. The number of nitrogens with one attached hydrogen (secondary N) is 1. The Kier molecular flexibility index (Phi) is 5.67. The van der Waals surface area contributed by atoms with Crippen LogP contribution in [0.1, 0.15) is 40.7 Å². The van der Waals surface area contributed by atoms with Crippen LogP contribution in [0, 0.1) is 6.92 Å². The number of amides is 2. The van der Waals surface area contributed by atoms with Crippen LogP contribution in [0.5, 0.6) is 0 Å². The third-order valence-electron chi connectivity index (χ3n) is 4.37. The highest BCUT2D eigenvalue weighted by Crippen LogP contribution is 2.28. The molecule has 0 spiro atoms. The zero-order valence-corrected chi connectivity index (χ0v) is 16.1. The largest absolute Gasteiger partial charge is 0.361 e. The van der Waals surface area contributed by atoms with Crippen LogP contribution in [0.15, 0.2) is 10.6 Å². The lowest BCUT2D eigenvalue weighted by atomic mass is 10.2. The van der Waals surface area contributed by atoms with Gasteiger partial charge >= 0.3 is 0 Å². The summed E-state index contributed by atoms with van der Waals surface area (Å²) >= 11 is 1.45. The summed E-state index contributed by atoms with van der Waals surface area (Å²) < 4.78 is 4.92. The van der Waals surface area contributed by atoms with Crippen molar-refractivity contribution in [3.8, 4) is 0 Å². The molecule has 0 aromatic carbocycles. The van der Waals surface area contributed by atoms with Crippen LogP contribution >= 0.6 is 11.3 Å². The van der Waals surface area contributed by atoms with E-state index in [1.807, 2.05) is 18.7 Å². The van der Waals surface area contributed by atoms with E-state index in [-0.39, 0.29) is 17.5 Å². The molecular formula is C17H23N5O3S. The first-order valence-electron chi connectivity index (χ1n) is 8.73. The van der Waals surface area contributed by atoms with Crippen molar-refractivity contribution in [3.63, 3.8) is 0 Å². The van der Waals surface area contributed by atoms with Crippen LogP contribution in [0.4, 0.5) is 5.13 Å². The molecule has 0 saturated carbocycles. The van der Waals surface area contributed by atoms with Crippen molar-refractivity contribution >= 4 is 28.3 Å². The van der Waals surface area contributed by atoms with Gasteiger partial charge in [0, 0.05) is 43.5 Å². The first kappa shape index (κ1) is 18.5. The monoisotopic (exact) mass is 377 g/mol.